The van der Waals surface area contributed by atoms with Crippen molar-refractivity contribution in [1.82, 2.24) is 10.2 Å². The van der Waals surface area contributed by atoms with E-state index in [0.29, 0.717) is 5.89 Å². The van der Waals surface area contributed by atoms with Gasteiger partial charge < -0.3 is 9.15 Å². The Hall–Kier alpha value is -2.37. The minimum atomic E-state index is -0.627. The van der Waals surface area contributed by atoms with E-state index in [1.54, 1.807) is 6.92 Å². The molecule has 0 fully saturated rings. The fourth-order valence-electron chi connectivity index (χ4n) is 1.19. The largest absolute Gasteiger partial charge is 0.444 e. The summed E-state index contributed by atoms with van der Waals surface area (Å²) in [5.41, 5.74) is 0.907. The van der Waals surface area contributed by atoms with Crippen LogP contribution in [0.5, 0.6) is 0 Å². The first kappa shape index (κ1) is 11.1. The number of aryl methyl sites for hydroxylation is 1. The second kappa shape index (κ2) is 5.11. The first-order valence-electron chi connectivity index (χ1n) is 5.02. The number of nitrogens with zero attached hydrogens (tertiary/aromatic N) is 2. The van der Waals surface area contributed by atoms with Gasteiger partial charge in [0.25, 0.3) is 0 Å². The number of benzene rings is 1. The average Bonchev–Trinajstić information content (AvgIpc) is 2.73. The average molecular weight is 233 g/mol. The maximum absolute atomic E-state index is 11.3. The Labute approximate surface area is 97.6 Å². The highest BCUT2D eigenvalue weighted by atomic mass is 16.6. The van der Waals surface area contributed by atoms with Gasteiger partial charge in [-0.3, -0.25) is 0 Å². The molecular formula is C11H11N3O3. The molecule has 1 aromatic carbocycles. The molecule has 6 nitrogen and oxygen atoms in total. The van der Waals surface area contributed by atoms with E-state index in [2.05, 4.69) is 15.5 Å². The van der Waals surface area contributed by atoms with Crippen molar-refractivity contribution in [1.29, 1.82) is 0 Å². The van der Waals surface area contributed by atoms with Crippen molar-refractivity contribution in [3.05, 3.63) is 41.8 Å². The Morgan fingerprint density at radius 3 is 2.76 bits per heavy atom. The summed E-state index contributed by atoms with van der Waals surface area (Å²) in [5, 5.41) is 9.51. The van der Waals surface area contributed by atoms with Crippen LogP contribution < -0.4 is 5.32 Å². The van der Waals surface area contributed by atoms with Crippen LogP contribution in [0.3, 0.4) is 0 Å². The highest BCUT2D eigenvalue weighted by molar-refractivity contribution is 5.81. The number of ether oxygens (including phenoxy) is 1. The Balaban J connectivity index is 1.82. The Morgan fingerprint density at radius 2 is 2.12 bits per heavy atom. The minimum absolute atomic E-state index is 0.0283. The lowest BCUT2D eigenvalue weighted by Gasteiger charge is -2.03. The van der Waals surface area contributed by atoms with Crippen LogP contribution in [0.4, 0.5) is 10.8 Å². The van der Waals surface area contributed by atoms with Crippen molar-refractivity contribution in [2.24, 2.45) is 0 Å². The third-order valence-electron chi connectivity index (χ3n) is 1.95. The lowest BCUT2D eigenvalue weighted by Crippen LogP contribution is -2.13. The van der Waals surface area contributed by atoms with E-state index in [0.717, 1.165) is 5.56 Å². The molecule has 1 N–H and O–H groups in total. The summed E-state index contributed by atoms with van der Waals surface area (Å²) in [5.74, 6) is 0.378. The monoisotopic (exact) mass is 233 g/mol. The van der Waals surface area contributed by atoms with Crippen molar-refractivity contribution in [3.8, 4) is 0 Å². The molecule has 2 aromatic rings. The molecule has 1 heterocycles. The third kappa shape index (κ3) is 3.30. The minimum Gasteiger partial charge on any atom is -0.444 e. The molecule has 0 bridgehead atoms. The first-order valence-corrected chi connectivity index (χ1v) is 5.02. The summed E-state index contributed by atoms with van der Waals surface area (Å²) in [7, 11) is 0. The first-order chi connectivity index (χ1) is 8.24. The molecule has 0 aliphatic carbocycles. The molecule has 0 atom stereocenters. The van der Waals surface area contributed by atoms with Crippen LogP contribution in [0.2, 0.25) is 0 Å². The zero-order valence-electron chi connectivity index (χ0n) is 9.21. The summed E-state index contributed by atoms with van der Waals surface area (Å²) in [6, 6.07) is 9.40. The van der Waals surface area contributed by atoms with Gasteiger partial charge >= 0.3 is 12.1 Å². The predicted molar refractivity (Wildman–Crippen MR) is 59.3 cm³/mol. The zero-order chi connectivity index (χ0) is 12.1. The molecule has 6 heteroatoms. The fourth-order valence-corrected chi connectivity index (χ4v) is 1.19. The topological polar surface area (TPSA) is 77.2 Å². The maximum Gasteiger partial charge on any atom is 0.415 e. The lowest BCUT2D eigenvalue weighted by molar-refractivity contribution is 0.154. The van der Waals surface area contributed by atoms with Crippen LogP contribution in [0.25, 0.3) is 0 Å². The van der Waals surface area contributed by atoms with Gasteiger partial charge in [0, 0.05) is 6.92 Å². The van der Waals surface area contributed by atoms with Crippen molar-refractivity contribution >= 4 is 12.1 Å². The highest BCUT2D eigenvalue weighted by Crippen LogP contribution is 2.05. The fraction of sp³-hybridized carbons (Fsp3) is 0.182. The molecule has 88 valence electrons. The van der Waals surface area contributed by atoms with Crippen LogP contribution in [0.1, 0.15) is 11.5 Å². The molecule has 0 unspecified atom stereocenters. The molecule has 17 heavy (non-hydrogen) atoms. The van der Waals surface area contributed by atoms with E-state index in [-0.39, 0.29) is 12.6 Å². The van der Waals surface area contributed by atoms with Gasteiger partial charge in [-0.2, -0.15) is 0 Å². The van der Waals surface area contributed by atoms with Crippen molar-refractivity contribution in [3.63, 3.8) is 0 Å². The molecule has 0 spiro atoms. The zero-order valence-corrected chi connectivity index (χ0v) is 9.21. The Bertz CT molecular complexity index is 496. The normalized spacial score (nSPS) is 9.94. The van der Waals surface area contributed by atoms with Gasteiger partial charge in [0.2, 0.25) is 5.89 Å². The molecule has 0 saturated carbocycles. The van der Waals surface area contributed by atoms with Gasteiger partial charge in [-0.1, -0.05) is 35.4 Å². The van der Waals surface area contributed by atoms with Gasteiger partial charge in [-0.25, -0.2) is 10.1 Å². The third-order valence-corrected chi connectivity index (χ3v) is 1.95. The molecule has 0 radical (unpaired) electrons. The van der Waals surface area contributed by atoms with E-state index in [1.165, 1.54) is 0 Å². The van der Waals surface area contributed by atoms with Crippen molar-refractivity contribution in [2.45, 2.75) is 13.5 Å². The predicted octanol–water partition coefficient (Wildman–Crippen LogP) is 2.13. The van der Waals surface area contributed by atoms with Gasteiger partial charge in [-0.05, 0) is 5.56 Å². The van der Waals surface area contributed by atoms with E-state index in [1.807, 2.05) is 30.3 Å². The quantitative estimate of drug-likeness (QED) is 0.878. The number of nitrogens with one attached hydrogen (secondary N) is 1. The summed E-state index contributed by atoms with van der Waals surface area (Å²) in [6.45, 7) is 1.83. The molecule has 0 saturated heterocycles. The van der Waals surface area contributed by atoms with Crippen LogP contribution in [0.15, 0.2) is 34.7 Å². The number of hydrogen-bond acceptors (Lipinski definition) is 5. The van der Waals surface area contributed by atoms with Crippen molar-refractivity contribution < 1.29 is 13.9 Å². The standard InChI is InChI=1S/C11H11N3O3/c1-8-13-14-10(17-8)12-11(15)16-7-9-5-3-2-4-6-9/h2-6H,7H2,1H3,(H,12,14,15). The van der Waals surface area contributed by atoms with Crippen LogP contribution in [0, 0.1) is 6.92 Å². The lowest BCUT2D eigenvalue weighted by atomic mass is 10.2. The Morgan fingerprint density at radius 1 is 1.35 bits per heavy atom. The van der Waals surface area contributed by atoms with Crippen LogP contribution in [-0.4, -0.2) is 16.3 Å². The second-order valence-electron chi connectivity index (χ2n) is 3.31. The van der Waals surface area contributed by atoms with Gasteiger partial charge in [0.15, 0.2) is 0 Å². The molecule has 2 rings (SSSR count). The summed E-state index contributed by atoms with van der Waals surface area (Å²) >= 11 is 0. The maximum atomic E-state index is 11.3. The molecule has 0 aliphatic rings. The molecule has 0 aliphatic heterocycles. The number of amides is 1. The number of carbonyl (C=O) groups excluding carboxylic acids is 1. The SMILES string of the molecule is Cc1nnc(NC(=O)OCc2ccccc2)o1. The number of aromatic nitrogens is 2. The van der Waals surface area contributed by atoms with E-state index >= 15 is 0 Å². The van der Waals surface area contributed by atoms with Gasteiger partial charge in [-0.15, -0.1) is 5.10 Å². The van der Waals surface area contributed by atoms with E-state index in [9.17, 15) is 4.79 Å². The molecule has 1 amide bonds. The second-order valence-corrected chi connectivity index (χ2v) is 3.31. The molecular weight excluding hydrogens is 222 g/mol. The summed E-state index contributed by atoms with van der Waals surface area (Å²) < 4.78 is 9.94. The summed E-state index contributed by atoms with van der Waals surface area (Å²) in [6.07, 6.45) is -0.627. The molecule has 1 aromatic heterocycles. The van der Waals surface area contributed by atoms with Crippen molar-refractivity contribution in [2.75, 3.05) is 5.32 Å². The van der Waals surface area contributed by atoms with Gasteiger partial charge in [0.05, 0.1) is 0 Å². The van der Waals surface area contributed by atoms with Crippen LogP contribution in [-0.2, 0) is 11.3 Å². The summed E-state index contributed by atoms with van der Waals surface area (Å²) in [4.78, 5) is 11.3. The number of carbonyl (C=O) groups is 1. The Kier molecular flexibility index (Phi) is 3.34. The number of anilines is 1. The highest BCUT2D eigenvalue weighted by Gasteiger charge is 2.08. The van der Waals surface area contributed by atoms with E-state index < -0.39 is 6.09 Å². The number of hydrogen-bond donors (Lipinski definition) is 1. The van der Waals surface area contributed by atoms with Crippen LogP contribution >= 0.6 is 0 Å². The van der Waals surface area contributed by atoms with E-state index in [4.69, 9.17) is 9.15 Å². The smallest absolute Gasteiger partial charge is 0.415 e. The number of rotatable bonds is 3. The van der Waals surface area contributed by atoms with Gasteiger partial charge in [0.1, 0.15) is 6.61 Å².